The van der Waals surface area contributed by atoms with Gasteiger partial charge in [-0.05, 0) is 12.0 Å². The second kappa shape index (κ2) is 4.70. The van der Waals surface area contributed by atoms with Crippen LogP contribution < -0.4 is 5.32 Å². The third-order valence-electron chi connectivity index (χ3n) is 2.39. The maximum Gasteiger partial charge on any atom is 0.156 e. The number of thioether (sulfide) groups is 1. The number of amidine groups is 1. The number of nitrogens with zero attached hydrogens (tertiary/aromatic N) is 3. The Morgan fingerprint density at radius 1 is 1.67 bits per heavy atom. The van der Waals surface area contributed by atoms with Gasteiger partial charge in [0.2, 0.25) is 0 Å². The molecule has 1 atom stereocenters. The molecular weight excluding hydrogens is 208 g/mol. The van der Waals surface area contributed by atoms with Gasteiger partial charge in [0.15, 0.2) is 5.17 Å². The minimum Gasteiger partial charge on any atom is -0.359 e. The van der Waals surface area contributed by atoms with Crippen molar-refractivity contribution in [2.75, 3.05) is 12.3 Å². The molecule has 0 fully saturated rings. The molecule has 4 nitrogen and oxygen atoms in total. The fraction of sp³-hybridized carbons (Fsp3) is 0.600. The maximum atomic E-state index is 4.48. The molecule has 1 aromatic heterocycles. The molecule has 0 aromatic carbocycles. The molecule has 0 radical (unpaired) electrons. The zero-order valence-corrected chi connectivity index (χ0v) is 9.92. The highest BCUT2D eigenvalue weighted by Crippen LogP contribution is 2.15. The number of rotatable bonds is 2. The van der Waals surface area contributed by atoms with E-state index in [0.29, 0.717) is 5.92 Å². The Kier molecular flexibility index (Phi) is 3.30. The van der Waals surface area contributed by atoms with Crippen molar-refractivity contribution in [2.45, 2.75) is 13.5 Å². The molecule has 0 bridgehead atoms. The molecule has 0 spiro atoms. The first kappa shape index (κ1) is 10.5. The fourth-order valence-electron chi connectivity index (χ4n) is 1.41. The Bertz CT molecular complexity index is 358. The first-order valence-corrected chi connectivity index (χ1v) is 6.12. The van der Waals surface area contributed by atoms with Gasteiger partial charge >= 0.3 is 0 Å². The SMILES string of the molecule is CC1CN=C(NCc2ccnn2C)SC1. The van der Waals surface area contributed by atoms with E-state index in [4.69, 9.17) is 0 Å². The lowest BCUT2D eigenvalue weighted by atomic mass is 10.2. The Morgan fingerprint density at radius 3 is 3.13 bits per heavy atom. The van der Waals surface area contributed by atoms with E-state index in [1.807, 2.05) is 35.8 Å². The second-order valence-electron chi connectivity index (χ2n) is 3.86. The zero-order valence-electron chi connectivity index (χ0n) is 9.10. The van der Waals surface area contributed by atoms with Crippen LogP contribution in [0.15, 0.2) is 17.3 Å². The highest BCUT2D eigenvalue weighted by atomic mass is 32.2. The minimum absolute atomic E-state index is 0.706. The normalized spacial score (nSPS) is 21.2. The van der Waals surface area contributed by atoms with Crippen molar-refractivity contribution >= 4 is 16.9 Å². The van der Waals surface area contributed by atoms with Crippen LogP contribution in [0.1, 0.15) is 12.6 Å². The molecule has 0 saturated carbocycles. The van der Waals surface area contributed by atoms with Crippen molar-refractivity contribution in [1.82, 2.24) is 15.1 Å². The summed E-state index contributed by atoms with van der Waals surface area (Å²) in [4.78, 5) is 4.48. The molecule has 1 aliphatic heterocycles. The second-order valence-corrected chi connectivity index (χ2v) is 4.87. The first-order valence-electron chi connectivity index (χ1n) is 5.13. The van der Waals surface area contributed by atoms with Gasteiger partial charge in [-0.2, -0.15) is 5.10 Å². The van der Waals surface area contributed by atoms with E-state index in [2.05, 4.69) is 22.3 Å². The quantitative estimate of drug-likeness (QED) is 0.822. The maximum absolute atomic E-state index is 4.48. The van der Waals surface area contributed by atoms with Gasteiger partial charge in [0.25, 0.3) is 0 Å². The van der Waals surface area contributed by atoms with Crippen LogP contribution in [-0.2, 0) is 13.6 Å². The van der Waals surface area contributed by atoms with Gasteiger partial charge in [-0.1, -0.05) is 18.7 Å². The average molecular weight is 224 g/mol. The molecule has 1 N–H and O–H groups in total. The molecule has 1 unspecified atom stereocenters. The topological polar surface area (TPSA) is 42.2 Å². The van der Waals surface area contributed by atoms with Gasteiger partial charge in [-0.3, -0.25) is 9.67 Å². The molecule has 1 aromatic rings. The summed E-state index contributed by atoms with van der Waals surface area (Å²) in [5, 5.41) is 8.52. The van der Waals surface area contributed by atoms with Gasteiger partial charge in [0.05, 0.1) is 12.2 Å². The number of aromatic nitrogens is 2. The number of hydrogen-bond acceptors (Lipinski definition) is 4. The molecule has 2 heterocycles. The van der Waals surface area contributed by atoms with Crippen LogP contribution in [-0.4, -0.2) is 27.2 Å². The van der Waals surface area contributed by atoms with Crippen LogP contribution in [0.4, 0.5) is 0 Å². The van der Waals surface area contributed by atoms with Gasteiger partial charge in [0.1, 0.15) is 0 Å². The van der Waals surface area contributed by atoms with Crippen LogP contribution in [0.5, 0.6) is 0 Å². The van der Waals surface area contributed by atoms with Crippen molar-refractivity contribution in [3.63, 3.8) is 0 Å². The van der Waals surface area contributed by atoms with Gasteiger partial charge in [-0.25, -0.2) is 0 Å². The molecule has 2 rings (SSSR count). The first-order chi connectivity index (χ1) is 7.25. The van der Waals surface area contributed by atoms with E-state index in [1.54, 1.807) is 0 Å². The smallest absolute Gasteiger partial charge is 0.156 e. The summed E-state index contributed by atoms with van der Waals surface area (Å²) in [6.45, 7) is 3.98. The highest BCUT2D eigenvalue weighted by Gasteiger charge is 2.11. The summed E-state index contributed by atoms with van der Waals surface area (Å²) in [7, 11) is 1.95. The van der Waals surface area contributed by atoms with Gasteiger partial charge in [-0.15, -0.1) is 0 Å². The summed E-state index contributed by atoms with van der Waals surface area (Å²) < 4.78 is 1.88. The summed E-state index contributed by atoms with van der Waals surface area (Å²) in [6, 6.07) is 2.02. The van der Waals surface area contributed by atoms with Crippen molar-refractivity contribution < 1.29 is 0 Å². The molecule has 15 heavy (non-hydrogen) atoms. The van der Waals surface area contributed by atoms with Crippen LogP contribution in [0.2, 0.25) is 0 Å². The van der Waals surface area contributed by atoms with E-state index in [1.165, 1.54) is 5.69 Å². The van der Waals surface area contributed by atoms with Crippen LogP contribution in [0.3, 0.4) is 0 Å². The predicted molar refractivity (Wildman–Crippen MR) is 64.0 cm³/mol. The van der Waals surface area contributed by atoms with E-state index < -0.39 is 0 Å². The Morgan fingerprint density at radius 2 is 2.53 bits per heavy atom. The largest absolute Gasteiger partial charge is 0.359 e. The zero-order chi connectivity index (χ0) is 10.7. The van der Waals surface area contributed by atoms with E-state index in [9.17, 15) is 0 Å². The summed E-state index contributed by atoms with van der Waals surface area (Å²) >= 11 is 1.81. The van der Waals surface area contributed by atoms with Crippen molar-refractivity contribution in [2.24, 2.45) is 18.0 Å². The Hall–Kier alpha value is -0.970. The van der Waals surface area contributed by atoms with E-state index >= 15 is 0 Å². The van der Waals surface area contributed by atoms with Gasteiger partial charge in [0, 0.05) is 25.5 Å². The number of aliphatic imine (C=N–C) groups is 1. The number of nitrogens with one attached hydrogen (secondary N) is 1. The van der Waals surface area contributed by atoms with E-state index in [0.717, 1.165) is 24.0 Å². The molecule has 82 valence electrons. The average Bonchev–Trinajstić information content (AvgIpc) is 2.63. The summed E-state index contributed by atoms with van der Waals surface area (Å²) in [5.41, 5.74) is 1.18. The molecular formula is C10H16N4S. The van der Waals surface area contributed by atoms with Crippen molar-refractivity contribution in [3.8, 4) is 0 Å². The standard InChI is InChI=1S/C10H16N4S/c1-8-5-11-10(15-7-8)12-6-9-3-4-13-14(9)2/h3-4,8H,5-7H2,1-2H3,(H,11,12). The Labute approximate surface area is 94.2 Å². The van der Waals surface area contributed by atoms with Crippen molar-refractivity contribution in [1.29, 1.82) is 0 Å². The van der Waals surface area contributed by atoms with Crippen LogP contribution in [0.25, 0.3) is 0 Å². The predicted octanol–water partition coefficient (Wildman–Crippen LogP) is 1.25. The van der Waals surface area contributed by atoms with Crippen molar-refractivity contribution in [3.05, 3.63) is 18.0 Å². The molecule has 0 saturated heterocycles. The number of hydrogen-bond donors (Lipinski definition) is 1. The summed E-state index contributed by atoms with van der Waals surface area (Å²) in [5.74, 6) is 1.87. The van der Waals surface area contributed by atoms with Gasteiger partial charge < -0.3 is 5.32 Å². The third-order valence-corrected chi connectivity index (χ3v) is 3.68. The van der Waals surface area contributed by atoms with Crippen LogP contribution >= 0.6 is 11.8 Å². The Balaban J connectivity index is 1.86. The minimum atomic E-state index is 0.706. The monoisotopic (exact) mass is 224 g/mol. The lowest BCUT2D eigenvalue weighted by molar-refractivity contribution is 0.663. The lowest BCUT2D eigenvalue weighted by Crippen LogP contribution is -2.26. The third kappa shape index (κ3) is 2.75. The highest BCUT2D eigenvalue weighted by molar-refractivity contribution is 8.13. The molecule has 0 amide bonds. The fourth-order valence-corrected chi connectivity index (χ4v) is 2.29. The molecule has 0 aliphatic carbocycles. The molecule has 5 heteroatoms. The number of aryl methyl sites for hydroxylation is 1. The van der Waals surface area contributed by atoms with E-state index in [-0.39, 0.29) is 0 Å². The lowest BCUT2D eigenvalue weighted by Gasteiger charge is -2.17. The van der Waals surface area contributed by atoms with Crippen LogP contribution in [0, 0.1) is 5.92 Å². The molecule has 1 aliphatic rings. The summed E-state index contributed by atoms with van der Waals surface area (Å²) in [6.07, 6.45) is 1.81.